The summed E-state index contributed by atoms with van der Waals surface area (Å²) in [6.45, 7) is 6.38. The second-order valence-corrected chi connectivity index (χ2v) is 6.10. The van der Waals surface area contributed by atoms with Gasteiger partial charge in [-0.05, 0) is 44.5 Å². The molecular weight excluding hydrogens is 331 g/mol. The average Bonchev–Trinajstić information content (AvgIpc) is 2.59. The average molecular weight is 346 g/mol. The van der Waals surface area contributed by atoms with Crippen LogP contribution in [0.2, 0.25) is 0 Å². The number of hydrogen-bond donors (Lipinski definition) is 0. The van der Waals surface area contributed by atoms with Gasteiger partial charge in [-0.25, -0.2) is 4.39 Å². The van der Waals surface area contributed by atoms with Gasteiger partial charge in [0.1, 0.15) is 5.82 Å². The SMILES string of the molecule is Cc1nn(Cc2cc(F)ccc2Br)c(C)c1C(C)Cl. The first-order valence-corrected chi connectivity index (χ1v) is 7.25. The molecule has 0 saturated carbocycles. The van der Waals surface area contributed by atoms with Crippen LogP contribution in [0, 0.1) is 19.7 Å². The van der Waals surface area contributed by atoms with Crippen molar-refractivity contribution in [2.45, 2.75) is 32.7 Å². The Morgan fingerprint density at radius 2 is 2.11 bits per heavy atom. The van der Waals surface area contributed by atoms with Crippen molar-refractivity contribution in [1.82, 2.24) is 9.78 Å². The largest absolute Gasteiger partial charge is 0.265 e. The minimum absolute atomic E-state index is 0.0790. The summed E-state index contributed by atoms with van der Waals surface area (Å²) >= 11 is 9.60. The summed E-state index contributed by atoms with van der Waals surface area (Å²) in [7, 11) is 0. The van der Waals surface area contributed by atoms with Crippen molar-refractivity contribution >= 4 is 27.5 Å². The van der Waals surface area contributed by atoms with Crippen LogP contribution in [-0.4, -0.2) is 9.78 Å². The molecule has 0 fully saturated rings. The zero-order chi connectivity index (χ0) is 14.2. The minimum Gasteiger partial charge on any atom is -0.265 e. The summed E-state index contributed by atoms with van der Waals surface area (Å²) in [5.74, 6) is -0.245. The van der Waals surface area contributed by atoms with E-state index in [1.165, 1.54) is 12.1 Å². The fourth-order valence-corrected chi connectivity index (χ4v) is 2.95. The summed E-state index contributed by atoms with van der Waals surface area (Å²) in [6, 6.07) is 4.66. The van der Waals surface area contributed by atoms with E-state index in [1.54, 1.807) is 6.07 Å². The van der Waals surface area contributed by atoms with Gasteiger partial charge in [0, 0.05) is 15.7 Å². The highest BCUT2D eigenvalue weighted by Gasteiger charge is 2.16. The highest BCUT2D eigenvalue weighted by atomic mass is 79.9. The van der Waals surface area contributed by atoms with Crippen molar-refractivity contribution in [3.05, 3.63) is 51.0 Å². The maximum absolute atomic E-state index is 13.3. The topological polar surface area (TPSA) is 17.8 Å². The second-order valence-electron chi connectivity index (χ2n) is 4.59. The van der Waals surface area contributed by atoms with E-state index < -0.39 is 0 Å². The molecule has 1 heterocycles. The summed E-state index contributed by atoms with van der Waals surface area (Å²) < 4.78 is 16.0. The van der Waals surface area contributed by atoms with Crippen molar-refractivity contribution in [3.8, 4) is 0 Å². The Morgan fingerprint density at radius 1 is 1.42 bits per heavy atom. The Balaban J connectivity index is 2.39. The maximum Gasteiger partial charge on any atom is 0.123 e. The lowest BCUT2D eigenvalue weighted by Gasteiger charge is -2.08. The predicted octanol–water partition coefficient (Wildman–Crippen LogP) is 4.75. The second kappa shape index (κ2) is 5.63. The Kier molecular flexibility index (Phi) is 4.31. The molecule has 0 radical (unpaired) electrons. The zero-order valence-corrected chi connectivity index (χ0v) is 13.4. The van der Waals surface area contributed by atoms with Crippen LogP contribution >= 0.6 is 27.5 Å². The van der Waals surface area contributed by atoms with E-state index in [0.717, 1.165) is 27.0 Å². The first-order valence-electron chi connectivity index (χ1n) is 6.02. The van der Waals surface area contributed by atoms with E-state index in [-0.39, 0.29) is 11.2 Å². The monoisotopic (exact) mass is 344 g/mol. The summed E-state index contributed by atoms with van der Waals surface area (Å²) in [5, 5.41) is 4.41. The van der Waals surface area contributed by atoms with Gasteiger partial charge < -0.3 is 0 Å². The molecule has 2 aromatic rings. The maximum atomic E-state index is 13.3. The van der Waals surface area contributed by atoms with Crippen LogP contribution < -0.4 is 0 Å². The molecule has 102 valence electrons. The van der Waals surface area contributed by atoms with Gasteiger partial charge in [-0.2, -0.15) is 5.10 Å². The van der Waals surface area contributed by atoms with Crippen LogP contribution in [-0.2, 0) is 6.54 Å². The lowest BCUT2D eigenvalue weighted by molar-refractivity contribution is 0.614. The fraction of sp³-hybridized carbons (Fsp3) is 0.357. The highest BCUT2D eigenvalue weighted by molar-refractivity contribution is 9.10. The molecule has 0 amide bonds. The van der Waals surface area contributed by atoms with E-state index in [1.807, 2.05) is 25.5 Å². The molecule has 1 atom stereocenters. The Morgan fingerprint density at radius 3 is 2.68 bits per heavy atom. The molecule has 0 N–H and O–H groups in total. The number of benzene rings is 1. The molecule has 0 aliphatic carbocycles. The normalized spacial score (nSPS) is 12.7. The Hall–Kier alpha value is -0.870. The van der Waals surface area contributed by atoms with Crippen LogP contribution in [0.1, 0.15) is 34.8 Å². The number of rotatable bonds is 3. The highest BCUT2D eigenvalue weighted by Crippen LogP contribution is 2.27. The molecule has 0 saturated heterocycles. The molecule has 0 aliphatic rings. The van der Waals surface area contributed by atoms with Gasteiger partial charge in [0.25, 0.3) is 0 Å². The van der Waals surface area contributed by atoms with Crippen molar-refractivity contribution in [2.75, 3.05) is 0 Å². The van der Waals surface area contributed by atoms with Gasteiger partial charge in [-0.3, -0.25) is 4.68 Å². The molecule has 0 spiro atoms. The van der Waals surface area contributed by atoms with Gasteiger partial charge in [0.15, 0.2) is 0 Å². The van der Waals surface area contributed by atoms with Crippen LogP contribution in [0.5, 0.6) is 0 Å². The van der Waals surface area contributed by atoms with Gasteiger partial charge in [0.05, 0.1) is 17.6 Å². The van der Waals surface area contributed by atoms with Gasteiger partial charge in [-0.1, -0.05) is 15.9 Å². The quantitative estimate of drug-likeness (QED) is 0.734. The molecule has 0 aliphatic heterocycles. The van der Waals surface area contributed by atoms with Crippen LogP contribution in [0.3, 0.4) is 0 Å². The van der Waals surface area contributed by atoms with Crippen molar-refractivity contribution < 1.29 is 4.39 Å². The molecule has 2 nitrogen and oxygen atoms in total. The lowest BCUT2D eigenvalue weighted by Crippen LogP contribution is -2.05. The minimum atomic E-state index is -0.245. The number of halogens is 3. The molecule has 5 heteroatoms. The van der Waals surface area contributed by atoms with Crippen molar-refractivity contribution in [2.24, 2.45) is 0 Å². The third-order valence-corrected chi connectivity index (χ3v) is 4.15. The Bertz CT molecular complexity index is 608. The first kappa shape index (κ1) is 14.5. The molecular formula is C14H15BrClFN2. The number of nitrogens with zero attached hydrogens (tertiary/aromatic N) is 2. The van der Waals surface area contributed by atoms with E-state index in [2.05, 4.69) is 21.0 Å². The van der Waals surface area contributed by atoms with Crippen LogP contribution in [0.25, 0.3) is 0 Å². The zero-order valence-electron chi connectivity index (χ0n) is 11.0. The third-order valence-electron chi connectivity index (χ3n) is 3.16. The third kappa shape index (κ3) is 3.00. The molecule has 1 aromatic carbocycles. The van der Waals surface area contributed by atoms with Gasteiger partial charge in [0.2, 0.25) is 0 Å². The number of hydrogen-bond acceptors (Lipinski definition) is 1. The number of aromatic nitrogens is 2. The number of alkyl halides is 1. The van der Waals surface area contributed by atoms with E-state index >= 15 is 0 Å². The molecule has 0 bridgehead atoms. The molecule has 1 aromatic heterocycles. The van der Waals surface area contributed by atoms with Crippen LogP contribution in [0.15, 0.2) is 22.7 Å². The lowest BCUT2D eigenvalue weighted by atomic mass is 10.1. The Labute approximate surface area is 125 Å². The standard InChI is InChI=1S/C14H15BrClFN2/c1-8(16)14-9(2)18-19(10(14)3)7-11-6-12(17)4-5-13(11)15/h4-6,8H,7H2,1-3H3. The summed E-state index contributed by atoms with van der Waals surface area (Å²) in [5.41, 5.74) is 3.86. The van der Waals surface area contributed by atoms with E-state index in [0.29, 0.717) is 6.54 Å². The summed E-state index contributed by atoms with van der Waals surface area (Å²) in [6.07, 6.45) is 0. The fourth-order valence-electron chi connectivity index (χ4n) is 2.27. The van der Waals surface area contributed by atoms with E-state index in [4.69, 9.17) is 11.6 Å². The van der Waals surface area contributed by atoms with Crippen molar-refractivity contribution in [3.63, 3.8) is 0 Å². The smallest absolute Gasteiger partial charge is 0.123 e. The summed E-state index contributed by atoms with van der Waals surface area (Å²) in [4.78, 5) is 0. The van der Waals surface area contributed by atoms with Crippen LogP contribution in [0.4, 0.5) is 4.39 Å². The molecule has 1 unspecified atom stereocenters. The van der Waals surface area contributed by atoms with Gasteiger partial charge >= 0.3 is 0 Å². The predicted molar refractivity (Wildman–Crippen MR) is 79.2 cm³/mol. The molecule has 2 rings (SSSR count). The van der Waals surface area contributed by atoms with E-state index in [9.17, 15) is 4.39 Å². The number of aryl methyl sites for hydroxylation is 1. The van der Waals surface area contributed by atoms with Crippen molar-refractivity contribution in [1.29, 1.82) is 0 Å². The first-order chi connectivity index (χ1) is 8.90. The molecule has 19 heavy (non-hydrogen) atoms. The van der Waals surface area contributed by atoms with Gasteiger partial charge in [-0.15, -0.1) is 11.6 Å².